The minimum atomic E-state index is -1.32. The number of aromatic carboxylic acids is 1. The van der Waals surface area contributed by atoms with Gasteiger partial charge in [-0.05, 0) is 42.7 Å². The lowest BCUT2D eigenvalue weighted by Crippen LogP contribution is -2.19. The molecule has 1 aromatic heterocycles. The number of rotatable bonds is 3. The fourth-order valence-electron chi connectivity index (χ4n) is 3.04. The summed E-state index contributed by atoms with van der Waals surface area (Å²) in [6.45, 7) is 0. The van der Waals surface area contributed by atoms with Gasteiger partial charge in [0.15, 0.2) is 0 Å². The van der Waals surface area contributed by atoms with Crippen LogP contribution in [0.2, 0.25) is 0 Å². The number of benzene rings is 2. The standard InChI is InChI=1S/C19H14FNO4/c20-16-7-14-17(8-13(16)10-1-5-12(22)6-2-10)21(11-3-4-11)9-15(18(14)23)19(24)25/h1-2,5-9,11,22H,3-4H2,(H,24,25). The van der Waals surface area contributed by atoms with Gasteiger partial charge in [0.05, 0.1) is 5.52 Å². The molecule has 2 N–H and O–H groups in total. The molecule has 0 atom stereocenters. The topological polar surface area (TPSA) is 79.5 Å². The van der Waals surface area contributed by atoms with E-state index in [-0.39, 0.29) is 22.7 Å². The molecule has 0 spiro atoms. The molecule has 4 rings (SSSR count). The molecule has 0 bridgehead atoms. The van der Waals surface area contributed by atoms with Gasteiger partial charge in [-0.25, -0.2) is 9.18 Å². The van der Waals surface area contributed by atoms with E-state index < -0.39 is 17.2 Å². The summed E-state index contributed by atoms with van der Waals surface area (Å²) >= 11 is 0. The summed E-state index contributed by atoms with van der Waals surface area (Å²) in [5.74, 6) is -1.85. The Kier molecular flexibility index (Phi) is 3.35. The Morgan fingerprint density at radius 1 is 1.16 bits per heavy atom. The van der Waals surface area contributed by atoms with Crippen LogP contribution >= 0.6 is 0 Å². The van der Waals surface area contributed by atoms with Crippen molar-refractivity contribution in [1.82, 2.24) is 4.57 Å². The normalized spacial score (nSPS) is 14.0. The number of hydrogen-bond donors (Lipinski definition) is 2. The average molecular weight is 339 g/mol. The minimum absolute atomic E-state index is 0.0619. The van der Waals surface area contributed by atoms with E-state index in [1.165, 1.54) is 18.3 Å². The molecule has 0 saturated heterocycles. The van der Waals surface area contributed by atoms with E-state index in [1.807, 2.05) is 0 Å². The molecule has 2 aromatic carbocycles. The van der Waals surface area contributed by atoms with Crippen LogP contribution in [0.5, 0.6) is 5.75 Å². The third-order valence-electron chi connectivity index (χ3n) is 4.47. The largest absolute Gasteiger partial charge is 0.508 e. The van der Waals surface area contributed by atoms with Crippen LogP contribution in [-0.2, 0) is 0 Å². The van der Waals surface area contributed by atoms with Gasteiger partial charge in [0.1, 0.15) is 17.1 Å². The molecule has 0 radical (unpaired) electrons. The fraction of sp³-hybridized carbons (Fsp3) is 0.158. The Labute approximate surface area is 141 Å². The monoisotopic (exact) mass is 339 g/mol. The van der Waals surface area contributed by atoms with Crippen LogP contribution in [0.4, 0.5) is 4.39 Å². The summed E-state index contributed by atoms with van der Waals surface area (Å²) in [4.78, 5) is 23.8. The first-order valence-corrected chi connectivity index (χ1v) is 7.87. The van der Waals surface area contributed by atoms with Crippen LogP contribution in [0.15, 0.2) is 47.4 Å². The van der Waals surface area contributed by atoms with E-state index in [0.717, 1.165) is 18.9 Å². The van der Waals surface area contributed by atoms with Crippen LogP contribution < -0.4 is 5.43 Å². The van der Waals surface area contributed by atoms with Crippen LogP contribution in [0.3, 0.4) is 0 Å². The van der Waals surface area contributed by atoms with Gasteiger partial charge in [0.25, 0.3) is 0 Å². The van der Waals surface area contributed by atoms with E-state index in [4.69, 9.17) is 0 Å². The fourth-order valence-corrected chi connectivity index (χ4v) is 3.04. The zero-order valence-corrected chi connectivity index (χ0v) is 13.1. The Morgan fingerprint density at radius 2 is 1.84 bits per heavy atom. The van der Waals surface area contributed by atoms with E-state index >= 15 is 0 Å². The SMILES string of the molecule is O=C(O)c1cn(C2CC2)c2cc(-c3ccc(O)cc3)c(F)cc2c1=O. The second-order valence-electron chi connectivity index (χ2n) is 6.21. The lowest BCUT2D eigenvalue weighted by Gasteiger charge is -2.13. The maximum Gasteiger partial charge on any atom is 0.341 e. The third kappa shape index (κ3) is 2.55. The van der Waals surface area contributed by atoms with E-state index in [2.05, 4.69) is 0 Å². The summed E-state index contributed by atoms with van der Waals surface area (Å²) in [5.41, 5.74) is 0.340. The highest BCUT2D eigenvalue weighted by Crippen LogP contribution is 2.38. The number of phenols is 1. The molecule has 1 aliphatic rings. The van der Waals surface area contributed by atoms with Crippen molar-refractivity contribution in [2.24, 2.45) is 0 Å². The summed E-state index contributed by atoms with van der Waals surface area (Å²) in [7, 11) is 0. The summed E-state index contributed by atoms with van der Waals surface area (Å²) in [6, 6.07) is 8.89. The number of halogens is 1. The first kappa shape index (κ1) is 15.4. The lowest BCUT2D eigenvalue weighted by atomic mass is 10.0. The van der Waals surface area contributed by atoms with E-state index in [1.54, 1.807) is 22.8 Å². The molecule has 1 fully saturated rings. The second-order valence-corrected chi connectivity index (χ2v) is 6.21. The second kappa shape index (κ2) is 5.44. The molecule has 0 aliphatic heterocycles. The molecule has 6 heteroatoms. The highest BCUT2D eigenvalue weighted by atomic mass is 19.1. The van der Waals surface area contributed by atoms with Gasteiger partial charge >= 0.3 is 5.97 Å². The van der Waals surface area contributed by atoms with E-state index in [0.29, 0.717) is 16.6 Å². The highest BCUT2D eigenvalue weighted by Gasteiger charge is 2.27. The highest BCUT2D eigenvalue weighted by molar-refractivity contribution is 5.94. The van der Waals surface area contributed by atoms with Crippen molar-refractivity contribution in [3.05, 3.63) is 64.2 Å². The van der Waals surface area contributed by atoms with Crippen molar-refractivity contribution in [2.75, 3.05) is 0 Å². The quantitative estimate of drug-likeness (QED) is 0.765. The number of aromatic hydroxyl groups is 1. The van der Waals surface area contributed by atoms with Crippen molar-refractivity contribution in [3.63, 3.8) is 0 Å². The van der Waals surface area contributed by atoms with Gasteiger partial charge in [0.2, 0.25) is 5.43 Å². The number of carbonyl (C=O) groups is 1. The molecule has 126 valence electrons. The molecule has 25 heavy (non-hydrogen) atoms. The molecule has 1 saturated carbocycles. The Balaban J connectivity index is 2.03. The first-order valence-electron chi connectivity index (χ1n) is 7.87. The Bertz CT molecular complexity index is 1070. The predicted molar refractivity (Wildman–Crippen MR) is 90.5 cm³/mol. The van der Waals surface area contributed by atoms with Crippen LogP contribution in [0, 0.1) is 5.82 Å². The molecule has 0 unspecified atom stereocenters. The number of fused-ring (bicyclic) bond motifs is 1. The maximum atomic E-state index is 14.6. The Hall–Kier alpha value is -3.15. The minimum Gasteiger partial charge on any atom is -0.508 e. The molecular weight excluding hydrogens is 325 g/mol. The third-order valence-corrected chi connectivity index (χ3v) is 4.47. The van der Waals surface area contributed by atoms with Gasteiger partial charge in [-0.15, -0.1) is 0 Å². The van der Waals surface area contributed by atoms with Crippen molar-refractivity contribution < 1.29 is 19.4 Å². The molecule has 5 nitrogen and oxygen atoms in total. The summed E-state index contributed by atoms with van der Waals surface area (Å²) in [6.07, 6.45) is 3.13. The molecule has 3 aromatic rings. The number of hydrogen-bond acceptors (Lipinski definition) is 3. The van der Waals surface area contributed by atoms with Crippen molar-refractivity contribution in [3.8, 4) is 16.9 Å². The van der Waals surface area contributed by atoms with E-state index in [9.17, 15) is 24.2 Å². The number of pyridine rings is 1. The molecular formula is C19H14FNO4. The van der Waals surface area contributed by atoms with Gasteiger partial charge in [0, 0.05) is 23.2 Å². The molecule has 1 heterocycles. The van der Waals surface area contributed by atoms with Gasteiger partial charge in [-0.3, -0.25) is 4.79 Å². The van der Waals surface area contributed by atoms with Gasteiger partial charge in [-0.1, -0.05) is 12.1 Å². The summed E-state index contributed by atoms with van der Waals surface area (Å²) < 4.78 is 16.4. The van der Waals surface area contributed by atoms with Crippen molar-refractivity contribution in [1.29, 1.82) is 0 Å². The predicted octanol–water partition coefficient (Wildman–Crippen LogP) is 3.55. The number of carboxylic acid groups (broad SMARTS) is 1. The number of aromatic nitrogens is 1. The number of phenolic OH excluding ortho intramolecular Hbond substituents is 1. The van der Waals surface area contributed by atoms with Crippen molar-refractivity contribution in [2.45, 2.75) is 18.9 Å². The Morgan fingerprint density at radius 3 is 2.44 bits per heavy atom. The molecule has 1 aliphatic carbocycles. The van der Waals surface area contributed by atoms with Gasteiger partial charge in [-0.2, -0.15) is 0 Å². The first-order chi connectivity index (χ1) is 12.0. The zero-order valence-electron chi connectivity index (χ0n) is 13.1. The average Bonchev–Trinajstić information content (AvgIpc) is 3.41. The number of nitrogens with zero attached hydrogens (tertiary/aromatic N) is 1. The van der Waals surface area contributed by atoms with Gasteiger partial charge < -0.3 is 14.8 Å². The zero-order chi connectivity index (χ0) is 17.7. The number of carboxylic acids is 1. The van der Waals surface area contributed by atoms with Crippen LogP contribution in [0.1, 0.15) is 29.2 Å². The molecule has 0 amide bonds. The van der Waals surface area contributed by atoms with Crippen LogP contribution in [-0.4, -0.2) is 20.7 Å². The lowest BCUT2D eigenvalue weighted by molar-refractivity contribution is 0.0695. The van der Waals surface area contributed by atoms with Crippen molar-refractivity contribution >= 4 is 16.9 Å². The van der Waals surface area contributed by atoms with Crippen LogP contribution in [0.25, 0.3) is 22.0 Å². The smallest absolute Gasteiger partial charge is 0.341 e. The summed E-state index contributed by atoms with van der Waals surface area (Å²) in [5, 5.41) is 18.7. The maximum absolute atomic E-state index is 14.6.